The standard InChI is InChI=1S/C41H86N6O7.CH4/c42-26-18-22-28-44-32-35(33-45-29-23-19-27-43)24-16-13-15-20-30-46-37(50)25-17-12-10-8-6-4-2-1-3-5-7-9-11-14-21-31-47-41(54)40(53)39(52)38(51)36(49)34-48;/h35-36,38-40,44-45,48-49,51-53H,1-34,42-43H2,(H,46,50)(H,47,54);1H4/t36-,38+,39-,40+;/m1./s1. The second kappa shape index (κ2) is 42.2. The monoisotopic (exact) mass is 791 g/mol. The Hall–Kier alpha value is -1.42. The zero-order chi connectivity index (χ0) is 39.9. The Morgan fingerprint density at radius 3 is 1.35 bits per heavy atom. The topological polar surface area (TPSA) is 235 Å². The first kappa shape index (κ1) is 55.7. The summed E-state index contributed by atoms with van der Waals surface area (Å²) in [7, 11) is 0. The lowest BCUT2D eigenvalue weighted by molar-refractivity contribution is -0.148. The summed E-state index contributed by atoms with van der Waals surface area (Å²) >= 11 is 0. The quantitative estimate of drug-likeness (QED) is 0.0399. The van der Waals surface area contributed by atoms with Gasteiger partial charge in [-0.2, -0.15) is 0 Å². The number of aliphatic hydroxyl groups is 5. The van der Waals surface area contributed by atoms with Gasteiger partial charge in [0.05, 0.1) is 6.61 Å². The summed E-state index contributed by atoms with van der Waals surface area (Å²) in [5, 5.41) is 60.2. The maximum atomic E-state index is 12.2. The molecule has 13 N–H and O–H groups in total. The number of nitrogens with two attached hydrogens (primary N) is 2. The van der Waals surface area contributed by atoms with Crippen LogP contribution in [0.1, 0.15) is 168 Å². The van der Waals surface area contributed by atoms with Crippen LogP contribution in [-0.2, 0) is 9.59 Å². The molecule has 0 aromatic rings. The molecule has 55 heavy (non-hydrogen) atoms. The first-order valence-corrected chi connectivity index (χ1v) is 22.0. The van der Waals surface area contributed by atoms with E-state index < -0.39 is 36.9 Å². The molecule has 2 amide bonds. The molecule has 330 valence electrons. The van der Waals surface area contributed by atoms with Crippen LogP contribution in [0.5, 0.6) is 0 Å². The Kier molecular flexibility index (Phi) is 42.7. The largest absolute Gasteiger partial charge is 0.394 e. The maximum Gasteiger partial charge on any atom is 0.251 e. The average molecular weight is 791 g/mol. The van der Waals surface area contributed by atoms with E-state index in [4.69, 9.17) is 16.6 Å². The Balaban J connectivity index is 0. The number of carbonyl (C=O) groups is 2. The summed E-state index contributed by atoms with van der Waals surface area (Å²) in [6.07, 6.45) is 21.2. The highest BCUT2D eigenvalue weighted by Gasteiger charge is 2.33. The van der Waals surface area contributed by atoms with Gasteiger partial charge in [-0.05, 0) is 96.6 Å². The van der Waals surface area contributed by atoms with Crippen LogP contribution in [0.2, 0.25) is 0 Å². The third-order valence-corrected chi connectivity index (χ3v) is 10.2. The van der Waals surface area contributed by atoms with Crippen molar-refractivity contribution in [3.8, 4) is 0 Å². The molecular formula is C42H90N6O7. The Bertz CT molecular complexity index is 817. The number of carbonyl (C=O) groups excluding carboxylic acids is 2. The summed E-state index contributed by atoms with van der Waals surface area (Å²) in [5.41, 5.74) is 11.2. The Morgan fingerprint density at radius 1 is 0.491 bits per heavy atom. The fraction of sp³-hybridized carbons (Fsp3) is 0.952. The van der Waals surface area contributed by atoms with E-state index in [9.17, 15) is 30.0 Å². The van der Waals surface area contributed by atoms with E-state index in [-0.39, 0.29) is 13.3 Å². The summed E-state index contributed by atoms with van der Waals surface area (Å²) < 4.78 is 0. The van der Waals surface area contributed by atoms with Gasteiger partial charge in [0.25, 0.3) is 5.91 Å². The zero-order valence-corrected chi connectivity index (χ0v) is 34.1. The first-order valence-electron chi connectivity index (χ1n) is 22.0. The van der Waals surface area contributed by atoms with Crippen molar-refractivity contribution in [2.75, 3.05) is 59.0 Å². The van der Waals surface area contributed by atoms with Gasteiger partial charge in [-0.25, -0.2) is 0 Å². The van der Waals surface area contributed by atoms with Crippen LogP contribution < -0.4 is 32.7 Å². The lowest BCUT2D eigenvalue weighted by Crippen LogP contribution is -2.51. The van der Waals surface area contributed by atoms with Gasteiger partial charge in [0, 0.05) is 19.5 Å². The lowest BCUT2D eigenvalue weighted by atomic mass is 10.00. The van der Waals surface area contributed by atoms with Crippen molar-refractivity contribution in [3.05, 3.63) is 0 Å². The van der Waals surface area contributed by atoms with Crippen molar-refractivity contribution < 1.29 is 35.1 Å². The van der Waals surface area contributed by atoms with E-state index in [0.29, 0.717) is 18.9 Å². The van der Waals surface area contributed by atoms with Crippen LogP contribution >= 0.6 is 0 Å². The molecular weight excluding hydrogens is 700 g/mol. The molecule has 0 spiro atoms. The number of nitrogens with one attached hydrogen (secondary N) is 4. The molecule has 4 atom stereocenters. The first-order chi connectivity index (χ1) is 26.3. The molecule has 0 saturated carbocycles. The summed E-state index contributed by atoms with van der Waals surface area (Å²) in [6.45, 7) is 6.12. The number of unbranched alkanes of at least 4 members (excludes halogenated alkanes) is 19. The van der Waals surface area contributed by atoms with Crippen LogP contribution in [0, 0.1) is 5.92 Å². The van der Waals surface area contributed by atoms with Gasteiger partial charge in [-0.3, -0.25) is 9.59 Å². The van der Waals surface area contributed by atoms with Crippen molar-refractivity contribution in [2.24, 2.45) is 17.4 Å². The fourth-order valence-electron chi connectivity index (χ4n) is 6.61. The second-order valence-electron chi connectivity index (χ2n) is 15.3. The number of rotatable bonds is 42. The van der Waals surface area contributed by atoms with E-state index in [2.05, 4.69) is 21.3 Å². The van der Waals surface area contributed by atoms with Gasteiger partial charge < -0.3 is 58.3 Å². The zero-order valence-electron chi connectivity index (χ0n) is 34.1. The van der Waals surface area contributed by atoms with E-state index in [1.54, 1.807) is 0 Å². The molecule has 0 saturated heterocycles. The van der Waals surface area contributed by atoms with Gasteiger partial charge in [-0.1, -0.05) is 110 Å². The van der Waals surface area contributed by atoms with Crippen molar-refractivity contribution in [1.29, 1.82) is 0 Å². The number of aliphatic hydroxyl groups excluding tert-OH is 5. The minimum Gasteiger partial charge on any atom is -0.394 e. The molecule has 0 unspecified atom stereocenters. The fourth-order valence-corrected chi connectivity index (χ4v) is 6.61. The maximum absolute atomic E-state index is 12.2. The molecule has 0 aliphatic heterocycles. The van der Waals surface area contributed by atoms with Crippen molar-refractivity contribution >= 4 is 11.8 Å². The summed E-state index contributed by atoms with van der Waals surface area (Å²) in [6, 6.07) is 0. The van der Waals surface area contributed by atoms with Gasteiger partial charge in [-0.15, -0.1) is 0 Å². The van der Waals surface area contributed by atoms with Crippen LogP contribution in [0.25, 0.3) is 0 Å². The van der Waals surface area contributed by atoms with Crippen LogP contribution in [-0.4, -0.2) is 121 Å². The number of amides is 2. The predicted octanol–water partition coefficient (Wildman–Crippen LogP) is 3.76. The SMILES string of the molecule is C.NCCCCNCC(CCCCCCNC(=O)CCCCCCCCCCCCCCCCCNC(=O)[C@@H](O)[C@H](O)[C@@H](O)[C@H](O)CO)CNCCCCN. The van der Waals surface area contributed by atoms with Crippen molar-refractivity contribution in [3.63, 3.8) is 0 Å². The van der Waals surface area contributed by atoms with Gasteiger partial charge in [0.2, 0.25) is 5.91 Å². The molecule has 0 fully saturated rings. The minimum absolute atomic E-state index is 0. The highest BCUT2D eigenvalue weighted by Crippen LogP contribution is 2.14. The molecule has 0 heterocycles. The van der Waals surface area contributed by atoms with Gasteiger partial charge >= 0.3 is 0 Å². The van der Waals surface area contributed by atoms with Crippen molar-refractivity contribution in [1.82, 2.24) is 21.3 Å². The second-order valence-corrected chi connectivity index (χ2v) is 15.3. The van der Waals surface area contributed by atoms with E-state index in [1.807, 2.05) is 0 Å². The Labute approximate surface area is 336 Å². The Morgan fingerprint density at radius 2 is 0.891 bits per heavy atom. The molecule has 0 aromatic heterocycles. The van der Waals surface area contributed by atoms with Crippen LogP contribution in [0.4, 0.5) is 0 Å². The predicted molar refractivity (Wildman–Crippen MR) is 227 cm³/mol. The normalized spacial score (nSPS) is 13.7. The van der Waals surface area contributed by atoms with Gasteiger partial charge in [0.1, 0.15) is 18.3 Å². The summed E-state index contributed by atoms with van der Waals surface area (Å²) in [4.78, 5) is 24.1. The lowest BCUT2D eigenvalue weighted by Gasteiger charge is -2.24. The molecule has 0 aliphatic rings. The molecule has 13 heteroatoms. The van der Waals surface area contributed by atoms with E-state index in [1.165, 1.54) is 83.5 Å². The third kappa shape index (κ3) is 35.5. The minimum atomic E-state index is -1.88. The highest BCUT2D eigenvalue weighted by molar-refractivity contribution is 5.81. The molecule has 0 radical (unpaired) electrons. The van der Waals surface area contributed by atoms with Gasteiger partial charge in [0.15, 0.2) is 6.10 Å². The van der Waals surface area contributed by atoms with Crippen LogP contribution in [0.15, 0.2) is 0 Å². The number of hydrogen-bond donors (Lipinski definition) is 11. The van der Waals surface area contributed by atoms with Crippen LogP contribution in [0.3, 0.4) is 0 Å². The highest BCUT2D eigenvalue weighted by atomic mass is 16.4. The van der Waals surface area contributed by atoms with E-state index >= 15 is 0 Å². The molecule has 0 bridgehead atoms. The average Bonchev–Trinajstić information content (AvgIpc) is 3.18. The molecule has 0 aromatic carbocycles. The third-order valence-electron chi connectivity index (χ3n) is 10.2. The molecule has 0 aliphatic carbocycles. The van der Waals surface area contributed by atoms with E-state index in [0.717, 1.165) is 116 Å². The number of hydrogen-bond acceptors (Lipinski definition) is 11. The summed E-state index contributed by atoms with van der Waals surface area (Å²) in [5.74, 6) is 0.0441. The molecule has 13 nitrogen and oxygen atoms in total. The smallest absolute Gasteiger partial charge is 0.251 e. The van der Waals surface area contributed by atoms with Crippen molar-refractivity contribution in [2.45, 2.75) is 192 Å². The molecule has 0 rings (SSSR count).